The first-order chi connectivity index (χ1) is 21.4. The van der Waals surface area contributed by atoms with Crippen LogP contribution >= 0.6 is 31.9 Å². The normalized spacial score (nSPS) is 12.0. The van der Waals surface area contributed by atoms with Gasteiger partial charge in [-0.05, 0) is 43.8 Å². The lowest BCUT2D eigenvalue weighted by atomic mass is 10.0. The number of imide groups is 1. The quantitative estimate of drug-likeness (QED) is 0.0900. The molecule has 1 aromatic rings. The number of carbonyl (C=O) groups excluding carboxylic acids is 7. The van der Waals surface area contributed by atoms with Gasteiger partial charge in [0.15, 0.2) is 7.85 Å². The summed E-state index contributed by atoms with van der Waals surface area (Å²) in [5.74, 6) is -2.59. The number of nitrogens with one attached hydrogen (secondary N) is 3. The fourth-order valence-electron chi connectivity index (χ4n) is 3.05. The maximum Gasteiger partial charge on any atom is 0.269 e. The van der Waals surface area contributed by atoms with Crippen LogP contribution in [-0.2, 0) is 49.5 Å². The van der Waals surface area contributed by atoms with Gasteiger partial charge < -0.3 is 36.0 Å². The molecule has 0 aliphatic carbocycles. The second-order valence-electron chi connectivity index (χ2n) is 8.61. The molecule has 5 N–H and O–H groups in total. The summed E-state index contributed by atoms with van der Waals surface area (Å²) in [6.45, 7) is 4.21. The fraction of sp³-hybridized carbons (Fsp3) is 0.464. The van der Waals surface area contributed by atoms with Gasteiger partial charge >= 0.3 is 0 Å². The Morgan fingerprint density at radius 2 is 1.27 bits per heavy atom. The van der Waals surface area contributed by atoms with Crippen molar-refractivity contribution in [2.45, 2.75) is 33.1 Å². The van der Waals surface area contributed by atoms with Crippen molar-refractivity contribution < 1.29 is 43.0 Å². The Balaban J connectivity index is 0.000000955. The molecular weight excluding hydrogens is 721 g/mol. The summed E-state index contributed by atoms with van der Waals surface area (Å²) in [5, 5.41) is 7.04. The molecule has 2 radical (unpaired) electrons. The lowest BCUT2D eigenvalue weighted by Gasteiger charge is -2.14. The molecule has 0 fully saturated rings. The van der Waals surface area contributed by atoms with Crippen molar-refractivity contribution in [3.8, 4) is 0 Å². The van der Waals surface area contributed by atoms with Crippen LogP contribution in [0.3, 0.4) is 0 Å². The average molecular weight is 759 g/mol. The zero-order chi connectivity index (χ0) is 34.2. The van der Waals surface area contributed by atoms with Gasteiger partial charge in [0.2, 0.25) is 23.6 Å². The molecule has 0 saturated carbocycles. The lowest BCUT2D eigenvalue weighted by Crippen LogP contribution is -2.40. The minimum atomic E-state index is -0.675. The summed E-state index contributed by atoms with van der Waals surface area (Å²) in [5.41, 5.74) is 5.45. The van der Waals surface area contributed by atoms with Crippen molar-refractivity contribution in [2.75, 3.05) is 52.6 Å². The first kappa shape index (κ1) is 41.6. The van der Waals surface area contributed by atoms with Gasteiger partial charge in [0.1, 0.15) is 8.96 Å². The number of benzene rings is 1. The second-order valence-corrected chi connectivity index (χ2v) is 10.2. The van der Waals surface area contributed by atoms with Crippen LogP contribution in [0, 0.1) is 0 Å². The molecule has 1 aromatic carbocycles. The molecule has 17 heteroatoms. The van der Waals surface area contributed by atoms with Gasteiger partial charge in [-0.2, -0.15) is 0 Å². The van der Waals surface area contributed by atoms with Crippen LogP contribution in [0.1, 0.15) is 32.3 Å². The van der Waals surface area contributed by atoms with E-state index in [2.05, 4.69) is 47.8 Å². The zero-order valence-electron chi connectivity index (χ0n) is 25.2. The predicted octanol–water partition coefficient (Wildman–Crippen LogP) is -0.0457. The molecule has 2 rings (SSSR count). The molecule has 0 spiro atoms. The standard InChI is InChI=1S/C15H20Br2N4O7.C11H12BNO2.C2H6/c16-12-13(17)15(26)21(14(12)25)2-4-28-6-5-27-3-1-10(23)20-8-11(24)19-7-9(18)22;12-10(14)8-13-11(15)7-6-9-4-2-1-3-5-9;1-2/h1-8H2,(H2,18,22)(H,19,24)(H,20,23);1-5H,6-8H2,(H,13,15);1-2H3. The Morgan fingerprint density at radius 3 is 1.82 bits per heavy atom. The van der Waals surface area contributed by atoms with E-state index in [9.17, 15) is 33.6 Å². The van der Waals surface area contributed by atoms with E-state index in [1.165, 1.54) is 0 Å². The van der Waals surface area contributed by atoms with Crippen molar-refractivity contribution >= 4 is 80.8 Å². The number of nitrogens with two attached hydrogens (primary N) is 1. The number of carbonyl (C=O) groups is 7. The number of hydrogen-bond acceptors (Lipinski definition) is 9. The molecule has 1 heterocycles. The zero-order valence-corrected chi connectivity index (χ0v) is 28.4. The second kappa shape index (κ2) is 24.9. The van der Waals surface area contributed by atoms with Crippen molar-refractivity contribution in [1.29, 1.82) is 0 Å². The van der Waals surface area contributed by atoms with Gasteiger partial charge in [-0.1, -0.05) is 44.2 Å². The number of amides is 6. The number of rotatable bonds is 18. The highest BCUT2D eigenvalue weighted by atomic mass is 79.9. The Labute approximate surface area is 280 Å². The third-order valence-corrected chi connectivity index (χ3v) is 7.22. The average Bonchev–Trinajstić information content (AvgIpc) is 3.21. The van der Waals surface area contributed by atoms with Crippen molar-refractivity contribution in [3.05, 3.63) is 44.9 Å². The van der Waals surface area contributed by atoms with E-state index in [-0.39, 0.29) is 79.8 Å². The van der Waals surface area contributed by atoms with Gasteiger partial charge in [0.25, 0.3) is 11.8 Å². The number of aryl methyl sites for hydroxylation is 1. The molecule has 246 valence electrons. The Bertz CT molecular complexity index is 1160. The van der Waals surface area contributed by atoms with Gasteiger partial charge in [-0.3, -0.25) is 33.7 Å². The molecule has 0 unspecified atom stereocenters. The topological polar surface area (TPSA) is 203 Å². The van der Waals surface area contributed by atoms with Crippen molar-refractivity contribution in [1.82, 2.24) is 20.9 Å². The summed E-state index contributed by atoms with van der Waals surface area (Å²) in [7, 11) is 4.89. The third kappa shape index (κ3) is 19.6. The van der Waals surface area contributed by atoms with E-state index in [4.69, 9.17) is 23.1 Å². The highest BCUT2D eigenvalue weighted by Crippen LogP contribution is 2.29. The number of nitrogens with zero attached hydrogens (tertiary/aromatic N) is 1. The number of hydrogen-bond donors (Lipinski definition) is 4. The molecule has 1 aliphatic heterocycles. The fourth-order valence-corrected chi connectivity index (χ4v) is 3.82. The SMILES string of the molecule is CC.NC(=O)CNC(=O)CNC(=O)CCOCCOCCN1C(=O)C(Br)=C(Br)C1=O.[B]C(=O)CNC(=O)CCc1ccccc1. The van der Waals surface area contributed by atoms with Crippen molar-refractivity contribution in [2.24, 2.45) is 5.73 Å². The predicted molar refractivity (Wildman–Crippen MR) is 173 cm³/mol. The third-order valence-electron chi connectivity index (χ3n) is 5.21. The number of ether oxygens (including phenoxy) is 2. The summed E-state index contributed by atoms with van der Waals surface area (Å²) >= 11 is 6.06. The molecule has 1 aliphatic rings. The smallest absolute Gasteiger partial charge is 0.269 e. The largest absolute Gasteiger partial charge is 0.379 e. The summed E-state index contributed by atoms with van der Waals surface area (Å²) < 4.78 is 10.9. The highest BCUT2D eigenvalue weighted by molar-refractivity contribution is 9.14. The van der Waals surface area contributed by atoms with Gasteiger partial charge in [0.05, 0.1) is 58.3 Å². The van der Waals surface area contributed by atoms with Gasteiger partial charge in [-0.25, -0.2) is 0 Å². The molecule has 0 aromatic heterocycles. The number of primary amides is 1. The van der Waals surface area contributed by atoms with Crippen LogP contribution in [0.15, 0.2) is 39.3 Å². The summed E-state index contributed by atoms with van der Waals surface area (Å²) in [6.07, 6.45) is 1.09. The summed E-state index contributed by atoms with van der Waals surface area (Å²) in [4.78, 5) is 79.4. The summed E-state index contributed by atoms with van der Waals surface area (Å²) in [6, 6.07) is 9.70. The first-order valence-electron chi connectivity index (χ1n) is 13.9. The maximum absolute atomic E-state index is 11.8. The minimum absolute atomic E-state index is 0.0492. The van der Waals surface area contributed by atoms with Crippen LogP contribution in [0.25, 0.3) is 0 Å². The molecule has 14 nitrogen and oxygen atoms in total. The van der Waals surface area contributed by atoms with E-state index in [1.807, 2.05) is 44.2 Å². The maximum atomic E-state index is 11.8. The Kier molecular flexibility index (Phi) is 23.0. The Hall–Kier alpha value is -3.41. The Morgan fingerprint density at radius 1 is 0.756 bits per heavy atom. The van der Waals surface area contributed by atoms with Crippen LogP contribution < -0.4 is 21.7 Å². The molecule has 0 bridgehead atoms. The van der Waals surface area contributed by atoms with Crippen LogP contribution in [0.4, 0.5) is 0 Å². The van der Waals surface area contributed by atoms with E-state index in [1.54, 1.807) is 0 Å². The molecule has 45 heavy (non-hydrogen) atoms. The highest BCUT2D eigenvalue weighted by Gasteiger charge is 2.35. The van der Waals surface area contributed by atoms with E-state index in [0.29, 0.717) is 12.8 Å². The van der Waals surface area contributed by atoms with Gasteiger partial charge in [-0.15, -0.1) is 0 Å². The van der Waals surface area contributed by atoms with Crippen LogP contribution in [0.5, 0.6) is 0 Å². The van der Waals surface area contributed by atoms with E-state index < -0.39 is 29.3 Å². The first-order valence-corrected chi connectivity index (χ1v) is 15.5. The van der Waals surface area contributed by atoms with Crippen LogP contribution in [-0.4, -0.2) is 106 Å². The molecule has 0 saturated heterocycles. The van der Waals surface area contributed by atoms with E-state index in [0.717, 1.165) is 10.5 Å². The molecular formula is C28H38BBr2N5O9. The van der Waals surface area contributed by atoms with E-state index >= 15 is 0 Å². The number of halogens is 2. The monoisotopic (exact) mass is 757 g/mol. The van der Waals surface area contributed by atoms with Crippen molar-refractivity contribution in [3.63, 3.8) is 0 Å². The molecule has 0 atom stereocenters. The lowest BCUT2D eigenvalue weighted by molar-refractivity contribution is -0.138. The minimum Gasteiger partial charge on any atom is -0.379 e. The van der Waals surface area contributed by atoms with Crippen LogP contribution in [0.2, 0.25) is 0 Å². The van der Waals surface area contributed by atoms with Gasteiger partial charge in [0, 0.05) is 12.8 Å². The molecule has 6 amide bonds.